The van der Waals surface area contributed by atoms with Crippen LogP contribution in [0.3, 0.4) is 0 Å². The van der Waals surface area contributed by atoms with Gasteiger partial charge in [-0.3, -0.25) is 4.68 Å². The molecule has 0 saturated carbocycles. The van der Waals surface area contributed by atoms with Gasteiger partial charge in [0.2, 0.25) is 0 Å². The largest absolute Gasteiger partial charge is 0.310 e. The highest BCUT2D eigenvalue weighted by atomic mass is 32.2. The fourth-order valence-electron chi connectivity index (χ4n) is 2.84. The lowest BCUT2D eigenvalue weighted by molar-refractivity contribution is 0.491. The van der Waals surface area contributed by atoms with Gasteiger partial charge in [0.1, 0.15) is 0 Å². The Balaban J connectivity index is 2.10. The minimum atomic E-state index is 0.350. The number of nitrogens with zero attached hydrogens (tertiary/aromatic N) is 2. The first-order chi connectivity index (χ1) is 10.2. The van der Waals surface area contributed by atoms with Crippen LogP contribution in [0.25, 0.3) is 10.9 Å². The van der Waals surface area contributed by atoms with Crippen molar-refractivity contribution in [1.29, 1.82) is 0 Å². The molecular formula is C17H27N3S. The first-order valence-electron chi connectivity index (χ1n) is 7.90. The Hall–Kier alpha value is -1.00. The van der Waals surface area contributed by atoms with Crippen molar-refractivity contribution in [3.8, 4) is 0 Å². The van der Waals surface area contributed by atoms with Crippen molar-refractivity contribution in [3.63, 3.8) is 0 Å². The number of para-hydroxylation sites is 1. The molecule has 0 spiro atoms. The Morgan fingerprint density at radius 1 is 1.19 bits per heavy atom. The fourth-order valence-corrected chi connectivity index (χ4v) is 3.66. The van der Waals surface area contributed by atoms with E-state index in [0.717, 1.165) is 25.3 Å². The average molecular weight is 305 g/mol. The van der Waals surface area contributed by atoms with Gasteiger partial charge in [0, 0.05) is 29.8 Å². The quantitative estimate of drug-likeness (QED) is 0.797. The zero-order chi connectivity index (χ0) is 15.3. The number of aromatic nitrogens is 2. The molecule has 0 saturated heterocycles. The van der Waals surface area contributed by atoms with Crippen LogP contribution in [-0.4, -0.2) is 27.3 Å². The van der Waals surface area contributed by atoms with Crippen LogP contribution in [0.15, 0.2) is 24.3 Å². The lowest BCUT2D eigenvalue weighted by atomic mass is 10.0. The summed E-state index contributed by atoms with van der Waals surface area (Å²) in [7, 11) is 0. The van der Waals surface area contributed by atoms with Crippen molar-refractivity contribution in [1.82, 2.24) is 15.1 Å². The molecule has 0 atom stereocenters. The number of nitrogens with one attached hydrogen (secondary N) is 1. The standard InChI is InChI=1S/C17H27N3S/c1-5-17(6-2,21-4)13-18-12-15-14-10-8-9-11-16(14)20(7-3)19-15/h8-11,18H,5-7,12-13H2,1-4H3. The van der Waals surface area contributed by atoms with E-state index >= 15 is 0 Å². The molecule has 2 rings (SSSR count). The Kier molecular flexibility index (Phi) is 5.71. The number of hydrogen-bond donors (Lipinski definition) is 1. The van der Waals surface area contributed by atoms with E-state index in [1.165, 1.54) is 23.7 Å². The van der Waals surface area contributed by atoms with Gasteiger partial charge in [-0.2, -0.15) is 16.9 Å². The molecule has 0 radical (unpaired) electrons. The van der Waals surface area contributed by atoms with E-state index in [9.17, 15) is 0 Å². The van der Waals surface area contributed by atoms with Crippen LogP contribution in [0.5, 0.6) is 0 Å². The summed E-state index contributed by atoms with van der Waals surface area (Å²) in [5.74, 6) is 0. The second kappa shape index (κ2) is 7.32. The highest BCUT2D eigenvalue weighted by Crippen LogP contribution is 2.29. The summed E-state index contributed by atoms with van der Waals surface area (Å²) < 4.78 is 2.44. The van der Waals surface area contributed by atoms with Crippen LogP contribution in [0.2, 0.25) is 0 Å². The Bertz CT molecular complexity index is 564. The van der Waals surface area contributed by atoms with Crippen LogP contribution >= 0.6 is 11.8 Å². The molecule has 4 heteroatoms. The molecule has 3 nitrogen and oxygen atoms in total. The van der Waals surface area contributed by atoms with Gasteiger partial charge in [0.15, 0.2) is 0 Å². The summed E-state index contributed by atoms with van der Waals surface area (Å²) in [5, 5.41) is 9.65. The normalized spacial score (nSPS) is 12.2. The van der Waals surface area contributed by atoms with Crippen molar-refractivity contribution in [2.24, 2.45) is 0 Å². The summed E-state index contributed by atoms with van der Waals surface area (Å²) in [6.07, 6.45) is 4.61. The third-order valence-electron chi connectivity index (χ3n) is 4.50. The molecule has 1 aromatic heterocycles. The van der Waals surface area contributed by atoms with Crippen molar-refractivity contribution < 1.29 is 0 Å². The number of aryl methyl sites for hydroxylation is 1. The Morgan fingerprint density at radius 2 is 1.90 bits per heavy atom. The minimum Gasteiger partial charge on any atom is -0.310 e. The summed E-state index contributed by atoms with van der Waals surface area (Å²) in [6, 6.07) is 8.50. The zero-order valence-corrected chi connectivity index (χ0v) is 14.5. The molecule has 0 aliphatic carbocycles. The van der Waals surface area contributed by atoms with E-state index in [-0.39, 0.29) is 0 Å². The van der Waals surface area contributed by atoms with Crippen LogP contribution in [0.1, 0.15) is 39.3 Å². The SMILES string of the molecule is CCn1nc(CNCC(CC)(CC)SC)c2ccccc21. The van der Waals surface area contributed by atoms with Crippen molar-refractivity contribution in [2.45, 2.75) is 51.4 Å². The maximum Gasteiger partial charge on any atom is 0.0841 e. The van der Waals surface area contributed by atoms with Crippen molar-refractivity contribution >= 4 is 22.7 Å². The van der Waals surface area contributed by atoms with E-state index in [0.29, 0.717) is 4.75 Å². The monoisotopic (exact) mass is 305 g/mol. The third kappa shape index (κ3) is 3.43. The zero-order valence-electron chi connectivity index (χ0n) is 13.6. The van der Waals surface area contributed by atoms with E-state index in [1.54, 1.807) is 0 Å². The average Bonchev–Trinajstić information content (AvgIpc) is 2.90. The van der Waals surface area contributed by atoms with Gasteiger partial charge in [-0.15, -0.1) is 0 Å². The number of hydrogen-bond acceptors (Lipinski definition) is 3. The number of thioether (sulfide) groups is 1. The maximum atomic E-state index is 4.75. The van der Waals surface area contributed by atoms with E-state index in [2.05, 4.69) is 61.3 Å². The molecule has 1 heterocycles. The minimum absolute atomic E-state index is 0.350. The molecule has 0 aliphatic heterocycles. The van der Waals surface area contributed by atoms with Gasteiger partial charge in [-0.25, -0.2) is 0 Å². The predicted molar refractivity (Wildman–Crippen MR) is 93.9 cm³/mol. The summed E-state index contributed by atoms with van der Waals surface area (Å²) >= 11 is 1.98. The predicted octanol–water partition coefficient (Wildman–Crippen LogP) is 4.07. The van der Waals surface area contributed by atoms with Gasteiger partial charge in [-0.05, 0) is 32.1 Å². The lowest BCUT2D eigenvalue weighted by Gasteiger charge is -2.29. The van der Waals surface area contributed by atoms with E-state index < -0.39 is 0 Å². The van der Waals surface area contributed by atoms with Crippen molar-refractivity contribution in [3.05, 3.63) is 30.0 Å². The molecule has 0 unspecified atom stereocenters. The van der Waals surface area contributed by atoms with E-state index in [1.807, 2.05) is 11.8 Å². The van der Waals surface area contributed by atoms with Gasteiger partial charge in [-0.1, -0.05) is 32.0 Å². The van der Waals surface area contributed by atoms with Crippen molar-refractivity contribution in [2.75, 3.05) is 12.8 Å². The highest BCUT2D eigenvalue weighted by molar-refractivity contribution is 8.00. The molecule has 0 amide bonds. The summed E-state index contributed by atoms with van der Waals surface area (Å²) in [4.78, 5) is 0. The topological polar surface area (TPSA) is 29.9 Å². The van der Waals surface area contributed by atoms with Crippen LogP contribution in [0, 0.1) is 0 Å². The van der Waals surface area contributed by atoms with E-state index in [4.69, 9.17) is 5.10 Å². The first kappa shape index (κ1) is 16.4. The molecule has 0 aliphatic rings. The summed E-state index contributed by atoms with van der Waals surface area (Å²) in [6.45, 7) is 9.50. The van der Waals surface area contributed by atoms with Crippen LogP contribution < -0.4 is 5.32 Å². The van der Waals surface area contributed by atoms with Crippen LogP contribution in [-0.2, 0) is 13.1 Å². The lowest BCUT2D eigenvalue weighted by Crippen LogP contribution is -2.36. The second-order valence-corrected chi connectivity index (χ2v) is 6.75. The second-order valence-electron chi connectivity index (χ2n) is 5.48. The number of benzene rings is 1. The van der Waals surface area contributed by atoms with Gasteiger partial charge in [0.05, 0.1) is 11.2 Å². The van der Waals surface area contributed by atoms with Gasteiger partial charge in [0.25, 0.3) is 0 Å². The summed E-state index contributed by atoms with van der Waals surface area (Å²) in [5.41, 5.74) is 2.40. The Labute approximate surface area is 132 Å². The molecular weight excluding hydrogens is 278 g/mol. The number of fused-ring (bicyclic) bond motifs is 1. The Morgan fingerprint density at radius 3 is 2.52 bits per heavy atom. The fraction of sp³-hybridized carbons (Fsp3) is 0.588. The molecule has 116 valence electrons. The smallest absolute Gasteiger partial charge is 0.0841 e. The first-order valence-corrected chi connectivity index (χ1v) is 9.12. The molecule has 0 fully saturated rings. The third-order valence-corrected chi connectivity index (χ3v) is 6.08. The van der Waals surface area contributed by atoms with Gasteiger partial charge < -0.3 is 5.32 Å². The molecule has 0 bridgehead atoms. The highest BCUT2D eigenvalue weighted by Gasteiger charge is 2.24. The molecule has 21 heavy (non-hydrogen) atoms. The maximum absolute atomic E-state index is 4.75. The molecule has 2 aromatic rings. The molecule has 1 aromatic carbocycles. The van der Waals surface area contributed by atoms with Gasteiger partial charge >= 0.3 is 0 Å². The molecule has 1 N–H and O–H groups in total. The number of rotatable bonds is 8. The van der Waals surface area contributed by atoms with Crippen LogP contribution in [0.4, 0.5) is 0 Å².